The lowest BCUT2D eigenvalue weighted by molar-refractivity contribution is 0.211. The maximum absolute atomic E-state index is 5.88. The molecule has 0 saturated carbocycles. The lowest BCUT2D eigenvalue weighted by Gasteiger charge is -2.13. The van der Waals surface area contributed by atoms with Crippen molar-refractivity contribution < 1.29 is 9.47 Å². The number of aromatic nitrogens is 1. The molecule has 2 aromatic rings. The molecule has 110 valence electrons. The third-order valence-corrected chi connectivity index (χ3v) is 4.14. The Morgan fingerprint density at radius 1 is 1.35 bits per heavy atom. The van der Waals surface area contributed by atoms with Crippen LogP contribution in [-0.4, -0.2) is 31.3 Å². The first-order chi connectivity index (χ1) is 9.52. The number of nitrogens with zero attached hydrogens (tertiary/aromatic N) is 1. The van der Waals surface area contributed by atoms with Crippen LogP contribution in [-0.2, 0) is 4.74 Å². The topological polar surface area (TPSA) is 43.4 Å². The van der Waals surface area contributed by atoms with Crippen molar-refractivity contribution in [2.24, 2.45) is 0 Å². The Bertz CT molecular complexity index is 593. The van der Waals surface area contributed by atoms with E-state index < -0.39 is 0 Å². The summed E-state index contributed by atoms with van der Waals surface area (Å²) in [4.78, 5) is 4.66. The average Bonchev–Trinajstić information content (AvgIpc) is 2.80. The van der Waals surface area contributed by atoms with Gasteiger partial charge in [-0.3, -0.25) is 0 Å². The number of hydrogen-bond acceptors (Lipinski definition) is 5. The van der Waals surface area contributed by atoms with Gasteiger partial charge in [0.2, 0.25) is 0 Å². The van der Waals surface area contributed by atoms with Gasteiger partial charge in [-0.25, -0.2) is 4.98 Å². The summed E-state index contributed by atoms with van der Waals surface area (Å²) in [6.07, 6.45) is 0.178. The molecular formula is C15H22N2O2S. The molecule has 1 aromatic carbocycles. The molecule has 0 unspecified atom stereocenters. The van der Waals surface area contributed by atoms with Gasteiger partial charge in [-0.05, 0) is 39.3 Å². The fourth-order valence-electron chi connectivity index (χ4n) is 2.04. The summed E-state index contributed by atoms with van der Waals surface area (Å²) < 4.78 is 12.1. The maximum atomic E-state index is 5.88. The van der Waals surface area contributed by atoms with Crippen LogP contribution in [0.25, 0.3) is 10.2 Å². The van der Waals surface area contributed by atoms with Crippen molar-refractivity contribution in [3.8, 4) is 5.75 Å². The number of aryl methyl sites for hydroxylation is 2. The summed E-state index contributed by atoms with van der Waals surface area (Å²) in [5, 5.41) is 4.23. The Kier molecular flexibility index (Phi) is 4.83. The molecule has 1 heterocycles. The SMILES string of the molecule is COCCNc1nc2c(C)cc(OC(C)C)c(C)c2s1. The lowest BCUT2D eigenvalue weighted by atomic mass is 10.1. The zero-order valence-electron chi connectivity index (χ0n) is 12.7. The quantitative estimate of drug-likeness (QED) is 0.824. The van der Waals surface area contributed by atoms with Crippen LogP contribution in [0.15, 0.2) is 6.07 Å². The van der Waals surface area contributed by atoms with Gasteiger partial charge in [-0.1, -0.05) is 11.3 Å². The summed E-state index contributed by atoms with van der Waals surface area (Å²) >= 11 is 1.67. The van der Waals surface area contributed by atoms with E-state index in [1.807, 2.05) is 13.8 Å². The Labute approximate surface area is 124 Å². The van der Waals surface area contributed by atoms with E-state index in [1.54, 1.807) is 18.4 Å². The van der Waals surface area contributed by atoms with Gasteiger partial charge < -0.3 is 14.8 Å². The Morgan fingerprint density at radius 2 is 2.10 bits per heavy atom. The Balaban J connectivity index is 2.35. The first-order valence-corrected chi connectivity index (χ1v) is 7.64. The molecule has 0 aliphatic heterocycles. The molecule has 1 N–H and O–H groups in total. The van der Waals surface area contributed by atoms with E-state index in [9.17, 15) is 0 Å². The molecule has 0 saturated heterocycles. The number of benzene rings is 1. The van der Waals surface area contributed by atoms with Crippen LogP contribution in [0.2, 0.25) is 0 Å². The predicted molar refractivity (Wildman–Crippen MR) is 85.2 cm³/mol. The monoisotopic (exact) mass is 294 g/mol. The molecule has 1 aromatic heterocycles. The Hall–Kier alpha value is -1.33. The highest BCUT2D eigenvalue weighted by Crippen LogP contribution is 2.36. The molecule has 0 radical (unpaired) electrons. The number of hydrogen-bond donors (Lipinski definition) is 1. The Morgan fingerprint density at radius 3 is 2.75 bits per heavy atom. The zero-order chi connectivity index (χ0) is 14.7. The smallest absolute Gasteiger partial charge is 0.183 e. The average molecular weight is 294 g/mol. The molecule has 2 rings (SSSR count). The van der Waals surface area contributed by atoms with E-state index in [-0.39, 0.29) is 6.10 Å². The third-order valence-electron chi connectivity index (χ3n) is 3.00. The minimum absolute atomic E-state index is 0.178. The van der Waals surface area contributed by atoms with Gasteiger partial charge in [-0.15, -0.1) is 0 Å². The molecule has 20 heavy (non-hydrogen) atoms. The predicted octanol–water partition coefficient (Wildman–Crippen LogP) is 3.76. The fraction of sp³-hybridized carbons (Fsp3) is 0.533. The van der Waals surface area contributed by atoms with Crippen molar-refractivity contribution in [3.05, 3.63) is 17.2 Å². The van der Waals surface area contributed by atoms with Crippen molar-refractivity contribution in [2.75, 3.05) is 25.6 Å². The summed E-state index contributed by atoms with van der Waals surface area (Å²) in [5.41, 5.74) is 3.37. The van der Waals surface area contributed by atoms with E-state index >= 15 is 0 Å². The molecular weight excluding hydrogens is 272 g/mol. The number of methoxy groups -OCH3 is 1. The molecule has 0 spiro atoms. The second-order valence-corrected chi connectivity index (χ2v) is 6.10. The third kappa shape index (κ3) is 3.22. The molecule has 5 heteroatoms. The highest BCUT2D eigenvalue weighted by atomic mass is 32.1. The van der Waals surface area contributed by atoms with Crippen LogP contribution in [0.3, 0.4) is 0 Å². The van der Waals surface area contributed by atoms with E-state index in [2.05, 4.69) is 30.2 Å². The van der Waals surface area contributed by atoms with Crippen LogP contribution in [0.4, 0.5) is 5.13 Å². The number of anilines is 1. The largest absolute Gasteiger partial charge is 0.491 e. The van der Waals surface area contributed by atoms with Gasteiger partial charge in [0, 0.05) is 19.2 Å². The number of ether oxygens (including phenoxy) is 2. The highest BCUT2D eigenvalue weighted by molar-refractivity contribution is 7.22. The standard InChI is InChI=1S/C15H22N2O2S/c1-9(2)19-12-8-10(3)13-14(11(12)4)20-15(17-13)16-6-7-18-5/h8-9H,6-7H2,1-5H3,(H,16,17). The normalized spacial score (nSPS) is 11.3. The van der Waals surface area contributed by atoms with Crippen molar-refractivity contribution in [1.29, 1.82) is 0 Å². The number of thiazole rings is 1. The van der Waals surface area contributed by atoms with Crippen LogP contribution in [0.5, 0.6) is 5.75 Å². The number of nitrogens with one attached hydrogen (secondary N) is 1. The van der Waals surface area contributed by atoms with Gasteiger partial charge in [0.15, 0.2) is 5.13 Å². The lowest BCUT2D eigenvalue weighted by Crippen LogP contribution is -2.07. The van der Waals surface area contributed by atoms with Crippen LogP contribution in [0, 0.1) is 13.8 Å². The highest BCUT2D eigenvalue weighted by Gasteiger charge is 2.14. The van der Waals surface area contributed by atoms with Crippen molar-refractivity contribution in [3.63, 3.8) is 0 Å². The van der Waals surface area contributed by atoms with Gasteiger partial charge in [-0.2, -0.15) is 0 Å². The first kappa shape index (κ1) is 15.1. The van der Waals surface area contributed by atoms with Gasteiger partial charge in [0.05, 0.1) is 22.9 Å². The van der Waals surface area contributed by atoms with E-state index in [0.29, 0.717) is 6.61 Å². The molecule has 0 bridgehead atoms. The molecule has 0 aliphatic rings. The molecule has 4 nitrogen and oxygen atoms in total. The van der Waals surface area contributed by atoms with E-state index in [4.69, 9.17) is 9.47 Å². The second-order valence-electron chi connectivity index (χ2n) is 5.10. The first-order valence-electron chi connectivity index (χ1n) is 6.83. The molecule has 0 amide bonds. The maximum Gasteiger partial charge on any atom is 0.183 e. The summed E-state index contributed by atoms with van der Waals surface area (Å²) in [6, 6.07) is 2.08. The minimum Gasteiger partial charge on any atom is -0.491 e. The van der Waals surface area contributed by atoms with Crippen molar-refractivity contribution in [1.82, 2.24) is 4.98 Å². The van der Waals surface area contributed by atoms with Gasteiger partial charge in [0.1, 0.15) is 5.75 Å². The number of rotatable bonds is 6. The summed E-state index contributed by atoms with van der Waals surface area (Å²) in [6.45, 7) is 9.70. The fourth-order valence-corrected chi connectivity index (χ4v) is 3.10. The molecule has 0 fully saturated rings. The van der Waals surface area contributed by atoms with Crippen LogP contribution < -0.4 is 10.1 Å². The van der Waals surface area contributed by atoms with Gasteiger partial charge >= 0.3 is 0 Å². The van der Waals surface area contributed by atoms with E-state index in [0.717, 1.165) is 34.1 Å². The van der Waals surface area contributed by atoms with E-state index in [1.165, 1.54) is 4.70 Å². The van der Waals surface area contributed by atoms with Gasteiger partial charge in [0.25, 0.3) is 0 Å². The van der Waals surface area contributed by atoms with Crippen LogP contribution in [0.1, 0.15) is 25.0 Å². The molecule has 0 aliphatic carbocycles. The van der Waals surface area contributed by atoms with Crippen molar-refractivity contribution in [2.45, 2.75) is 33.8 Å². The van der Waals surface area contributed by atoms with Crippen molar-refractivity contribution >= 4 is 26.7 Å². The summed E-state index contributed by atoms with van der Waals surface area (Å²) in [5.74, 6) is 0.956. The minimum atomic E-state index is 0.178. The second kappa shape index (κ2) is 6.41. The van der Waals surface area contributed by atoms with Crippen LogP contribution >= 0.6 is 11.3 Å². The number of fused-ring (bicyclic) bond motifs is 1. The summed E-state index contributed by atoms with van der Waals surface area (Å²) in [7, 11) is 1.70. The zero-order valence-corrected chi connectivity index (χ0v) is 13.6. The molecule has 0 atom stereocenters.